The molecule has 1 saturated heterocycles. The van der Waals surface area contributed by atoms with Crippen LogP contribution in [0.15, 0.2) is 36.7 Å². The standard InChI is InChI=1S/C18H24N4O2/c1-3-24-16-6-4-5-15(11-16)14(2)21-17-12-18(20-13-19-17)22-7-9-23-10-8-22/h4-6,11-14H,3,7-10H2,1-2H3,(H,19,20,21). The molecule has 0 aliphatic carbocycles. The zero-order valence-corrected chi connectivity index (χ0v) is 14.2. The van der Waals surface area contributed by atoms with Gasteiger partial charge in [-0.25, -0.2) is 9.97 Å². The van der Waals surface area contributed by atoms with Crippen molar-refractivity contribution in [1.29, 1.82) is 0 Å². The molecule has 3 rings (SSSR count). The third kappa shape index (κ3) is 4.14. The molecule has 1 aliphatic rings. The molecule has 1 N–H and O–H groups in total. The molecule has 6 nitrogen and oxygen atoms in total. The van der Waals surface area contributed by atoms with Crippen molar-refractivity contribution in [2.45, 2.75) is 19.9 Å². The van der Waals surface area contributed by atoms with E-state index in [1.54, 1.807) is 6.33 Å². The van der Waals surface area contributed by atoms with Gasteiger partial charge >= 0.3 is 0 Å². The first-order valence-electron chi connectivity index (χ1n) is 8.40. The summed E-state index contributed by atoms with van der Waals surface area (Å²) in [5, 5.41) is 3.44. The summed E-state index contributed by atoms with van der Waals surface area (Å²) in [6.07, 6.45) is 1.61. The molecule has 0 saturated carbocycles. The predicted molar refractivity (Wildman–Crippen MR) is 94.7 cm³/mol. The first-order valence-corrected chi connectivity index (χ1v) is 8.40. The molecule has 2 aromatic rings. The number of rotatable bonds is 6. The van der Waals surface area contributed by atoms with Crippen LogP contribution in [-0.2, 0) is 4.74 Å². The second kappa shape index (κ2) is 7.97. The Labute approximate surface area is 142 Å². The normalized spacial score (nSPS) is 15.8. The number of nitrogens with zero attached hydrogens (tertiary/aromatic N) is 3. The topological polar surface area (TPSA) is 59.5 Å². The van der Waals surface area contributed by atoms with E-state index in [9.17, 15) is 0 Å². The fourth-order valence-electron chi connectivity index (χ4n) is 2.74. The highest BCUT2D eigenvalue weighted by Crippen LogP contribution is 2.23. The minimum absolute atomic E-state index is 0.123. The van der Waals surface area contributed by atoms with Crippen molar-refractivity contribution in [2.75, 3.05) is 43.1 Å². The molecular weight excluding hydrogens is 304 g/mol. The van der Waals surface area contributed by atoms with Crippen molar-refractivity contribution in [1.82, 2.24) is 9.97 Å². The third-order valence-corrected chi connectivity index (χ3v) is 4.02. The van der Waals surface area contributed by atoms with Crippen LogP contribution >= 0.6 is 0 Å². The highest BCUT2D eigenvalue weighted by atomic mass is 16.5. The summed E-state index contributed by atoms with van der Waals surface area (Å²) < 4.78 is 11.0. The Bertz CT molecular complexity index is 659. The van der Waals surface area contributed by atoms with Gasteiger partial charge in [-0.1, -0.05) is 12.1 Å². The number of ether oxygens (including phenoxy) is 2. The molecule has 1 aliphatic heterocycles. The van der Waals surface area contributed by atoms with Crippen LogP contribution in [0, 0.1) is 0 Å². The average Bonchev–Trinajstić information content (AvgIpc) is 2.63. The molecule has 6 heteroatoms. The summed E-state index contributed by atoms with van der Waals surface area (Å²) in [4.78, 5) is 10.9. The minimum Gasteiger partial charge on any atom is -0.494 e. The van der Waals surface area contributed by atoms with Crippen molar-refractivity contribution in [2.24, 2.45) is 0 Å². The van der Waals surface area contributed by atoms with Gasteiger partial charge in [0.25, 0.3) is 0 Å². The smallest absolute Gasteiger partial charge is 0.134 e. The number of aromatic nitrogens is 2. The quantitative estimate of drug-likeness (QED) is 0.880. The van der Waals surface area contributed by atoms with Crippen LogP contribution in [-0.4, -0.2) is 42.9 Å². The second-order valence-electron chi connectivity index (χ2n) is 5.73. The lowest BCUT2D eigenvalue weighted by molar-refractivity contribution is 0.122. The summed E-state index contributed by atoms with van der Waals surface area (Å²) in [6, 6.07) is 10.3. The van der Waals surface area contributed by atoms with E-state index >= 15 is 0 Å². The fraction of sp³-hybridized carbons (Fsp3) is 0.444. The van der Waals surface area contributed by atoms with Crippen molar-refractivity contribution < 1.29 is 9.47 Å². The zero-order valence-electron chi connectivity index (χ0n) is 14.2. The fourth-order valence-corrected chi connectivity index (χ4v) is 2.74. The molecule has 1 atom stereocenters. The van der Waals surface area contributed by atoms with E-state index in [-0.39, 0.29) is 6.04 Å². The monoisotopic (exact) mass is 328 g/mol. The average molecular weight is 328 g/mol. The van der Waals surface area contributed by atoms with Crippen LogP contribution in [0.25, 0.3) is 0 Å². The Morgan fingerprint density at radius 2 is 2.08 bits per heavy atom. The van der Waals surface area contributed by atoms with E-state index in [0.717, 1.165) is 49.3 Å². The van der Waals surface area contributed by atoms with Crippen molar-refractivity contribution >= 4 is 11.6 Å². The molecule has 0 radical (unpaired) electrons. The van der Waals surface area contributed by atoms with Gasteiger partial charge in [-0.15, -0.1) is 0 Å². The Morgan fingerprint density at radius 1 is 1.25 bits per heavy atom. The van der Waals surface area contributed by atoms with Gasteiger partial charge in [-0.2, -0.15) is 0 Å². The number of hydrogen-bond donors (Lipinski definition) is 1. The number of nitrogens with one attached hydrogen (secondary N) is 1. The van der Waals surface area contributed by atoms with Gasteiger partial charge in [0.2, 0.25) is 0 Å². The Hall–Kier alpha value is -2.34. The van der Waals surface area contributed by atoms with Crippen molar-refractivity contribution in [3.05, 3.63) is 42.2 Å². The second-order valence-corrected chi connectivity index (χ2v) is 5.73. The maximum atomic E-state index is 5.57. The molecular formula is C18H24N4O2. The first kappa shape index (κ1) is 16.5. The van der Waals surface area contributed by atoms with E-state index in [0.29, 0.717) is 6.61 Å². The first-order chi connectivity index (χ1) is 11.8. The van der Waals surface area contributed by atoms with Gasteiger partial charge in [0.05, 0.1) is 25.9 Å². The van der Waals surface area contributed by atoms with Crippen LogP contribution in [0.2, 0.25) is 0 Å². The van der Waals surface area contributed by atoms with Gasteiger partial charge in [0, 0.05) is 19.2 Å². The van der Waals surface area contributed by atoms with Crippen molar-refractivity contribution in [3.63, 3.8) is 0 Å². The zero-order chi connectivity index (χ0) is 16.8. The molecule has 0 bridgehead atoms. The maximum Gasteiger partial charge on any atom is 0.134 e. The van der Waals surface area contributed by atoms with Gasteiger partial charge < -0.3 is 19.7 Å². The molecule has 1 unspecified atom stereocenters. The molecule has 1 aromatic carbocycles. The van der Waals surface area contributed by atoms with E-state index in [1.807, 2.05) is 25.1 Å². The molecule has 24 heavy (non-hydrogen) atoms. The molecule has 1 aromatic heterocycles. The summed E-state index contributed by atoms with van der Waals surface area (Å²) in [6.45, 7) is 7.98. The Balaban J connectivity index is 1.69. The number of hydrogen-bond acceptors (Lipinski definition) is 6. The van der Waals surface area contributed by atoms with E-state index < -0.39 is 0 Å². The van der Waals surface area contributed by atoms with E-state index in [2.05, 4.69) is 39.2 Å². The van der Waals surface area contributed by atoms with Crippen LogP contribution in [0.1, 0.15) is 25.5 Å². The molecule has 2 heterocycles. The van der Waals surface area contributed by atoms with Crippen LogP contribution in [0.4, 0.5) is 11.6 Å². The highest BCUT2D eigenvalue weighted by Gasteiger charge is 2.14. The third-order valence-electron chi connectivity index (χ3n) is 4.02. The molecule has 0 amide bonds. The number of morpholine rings is 1. The van der Waals surface area contributed by atoms with Crippen LogP contribution in [0.5, 0.6) is 5.75 Å². The lowest BCUT2D eigenvalue weighted by Gasteiger charge is -2.28. The van der Waals surface area contributed by atoms with Gasteiger partial charge in [0.1, 0.15) is 23.7 Å². The molecule has 0 spiro atoms. The van der Waals surface area contributed by atoms with E-state index in [4.69, 9.17) is 9.47 Å². The van der Waals surface area contributed by atoms with Gasteiger partial charge in [-0.05, 0) is 31.5 Å². The van der Waals surface area contributed by atoms with Crippen LogP contribution < -0.4 is 15.0 Å². The number of anilines is 2. The Morgan fingerprint density at radius 3 is 2.88 bits per heavy atom. The SMILES string of the molecule is CCOc1cccc(C(C)Nc2cc(N3CCOCC3)ncn2)c1. The summed E-state index contributed by atoms with van der Waals surface area (Å²) >= 11 is 0. The van der Waals surface area contributed by atoms with E-state index in [1.165, 1.54) is 0 Å². The lowest BCUT2D eigenvalue weighted by atomic mass is 10.1. The van der Waals surface area contributed by atoms with Gasteiger partial charge in [-0.3, -0.25) is 0 Å². The van der Waals surface area contributed by atoms with Gasteiger partial charge in [0.15, 0.2) is 0 Å². The minimum atomic E-state index is 0.123. The summed E-state index contributed by atoms with van der Waals surface area (Å²) in [5.74, 6) is 2.65. The molecule has 1 fully saturated rings. The van der Waals surface area contributed by atoms with Crippen molar-refractivity contribution in [3.8, 4) is 5.75 Å². The Kier molecular flexibility index (Phi) is 5.48. The summed E-state index contributed by atoms with van der Waals surface area (Å²) in [7, 11) is 0. The number of benzene rings is 1. The lowest BCUT2D eigenvalue weighted by Crippen LogP contribution is -2.36. The van der Waals surface area contributed by atoms with Crippen LogP contribution in [0.3, 0.4) is 0 Å². The summed E-state index contributed by atoms with van der Waals surface area (Å²) in [5.41, 5.74) is 1.16. The largest absolute Gasteiger partial charge is 0.494 e. The highest BCUT2D eigenvalue weighted by molar-refractivity contribution is 5.50. The maximum absolute atomic E-state index is 5.57. The predicted octanol–water partition coefficient (Wildman–Crippen LogP) is 2.89. The molecule has 128 valence electrons.